The number of methoxy groups -OCH3 is 1. The van der Waals surface area contributed by atoms with Crippen molar-refractivity contribution in [3.63, 3.8) is 0 Å². The van der Waals surface area contributed by atoms with Crippen molar-refractivity contribution in [3.8, 4) is 0 Å². The first-order chi connectivity index (χ1) is 9.36. The maximum atomic E-state index is 11.6. The third-order valence-corrected chi connectivity index (χ3v) is 3.72. The summed E-state index contributed by atoms with van der Waals surface area (Å²) in [5.41, 5.74) is 6.40. The summed E-state index contributed by atoms with van der Waals surface area (Å²) in [5.74, 6) is -0.360. The molecule has 1 aromatic carbocycles. The minimum atomic E-state index is -0.935. The molecule has 0 radical (unpaired) electrons. The number of carbonyl (C=O) groups is 1. The third-order valence-electron chi connectivity index (χ3n) is 3.72. The summed E-state index contributed by atoms with van der Waals surface area (Å²) in [5, 5.41) is 0. The maximum Gasteiger partial charge on any atom is 0.325 e. The number of carbonyl (C=O) groups excluding carboxylic acids is 1. The van der Waals surface area contributed by atoms with Gasteiger partial charge in [-0.25, -0.2) is 0 Å². The van der Waals surface area contributed by atoms with Crippen LogP contribution in [0.2, 0.25) is 0 Å². The van der Waals surface area contributed by atoms with Crippen LogP contribution in [0.4, 0.5) is 0 Å². The summed E-state index contributed by atoms with van der Waals surface area (Å²) in [6.07, 6.45) is 1.56. The number of nitrogens with zero attached hydrogens (tertiary/aromatic N) is 1. The highest BCUT2D eigenvalue weighted by Crippen LogP contribution is 2.15. The summed E-state index contributed by atoms with van der Waals surface area (Å²) in [6, 6.07) is 10.6. The molecule has 0 aliphatic rings. The molecule has 1 aromatic rings. The Bertz CT molecular complexity index is 418. The van der Waals surface area contributed by atoms with Crippen molar-refractivity contribution >= 4 is 5.97 Å². The number of likely N-dealkylation sites (N-methyl/N-ethyl adjacent to an activating group) is 1. The zero-order valence-corrected chi connectivity index (χ0v) is 12.9. The lowest BCUT2D eigenvalue weighted by Gasteiger charge is -2.31. The molecule has 20 heavy (non-hydrogen) atoms. The number of esters is 1. The van der Waals surface area contributed by atoms with Crippen LogP contribution in [0.25, 0.3) is 0 Å². The molecule has 0 amide bonds. The van der Waals surface area contributed by atoms with Gasteiger partial charge < -0.3 is 15.4 Å². The molecule has 0 spiro atoms. The van der Waals surface area contributed by atoms with Gasteiger partial charge in [-0.3, -0.25) is 4.79 Å². The molecule has 0 aliphatic carbocycles. The van der Waals surface area contributed by atoms with E-state index in [2.05, 4.69) is 31.0 Å². The Kier molecular flexibility index (Phi) is 6.17. The summed E-state index contributed by atoms with van der Waals surface area (Å²) in [7, 11) is 3.43. The van der Waals surface area contributed by atoms with Gasteiger partial charge in [-0.05, 0) is 39.3 Å². The summed E-state index contributed by atoms with van der Waals surface area (Å²) < 4.78 is 4.74. The van der Waals surface area contributed by atoms with Crippen molar-refractivity contribution in [2.45, 2.75) is 38.3 Å². The van der Waals surface area contributed by atoms with Crippen LogP contribution in [-0.2, 0) is 16.0 Å². The molecule has 0 saturated heterocycles. The smallest absolute Gasteiger partial charge is 0.325 e. The number of ether oxygens (including phenoxy) is 1. The van der Waals surface area contributed by atoms with Gasteiger partial charge in [0.1, 0.15) is 5.54 Å². The fourth-order valence-corrected chi connectivity index (χ4v) is 2.26. The highest BCUT2D eigenvalue weighted by atomic mass is 16.5. The minimum Gasteiger partial charge on any atom is -0.468 e. The van der Waals surface area contributed by atoms with E-state index in [0.29, 0.717) is 6.42 Å². The van der Waals surface area contributed by atoms with Gasteiger partial charge in [-0.15, -0.1) is 0 Å². The molecule has 2 atom stereocenters. The standard InChI is InChI=1S/C16H26N2O2/c1-13(12-16(2,17)15(19)20-4)18(3)11-10-14-8-6-5-7-9-14/h5-9,13H,10-12,17H2,1-4H3. The molecule has 0 saturated carbocycles. The lowest BCUT2D eigenvalue weighted by molar-refractivity contribution is -0.147. The van der Waals surface area contributed by atoms with Crippen molar-refractivity contribution in [1.82, 2.24) is 4.90 Å². The molecule has 1 rings (SSSR count). The van der Waals surface area contributed by atoms with Gasteiger partial charge in [0.2, 0.25) is 0 Å². The first-order valence-corrected chi connectivity index (χ1v) is 6.98. The lowest BCUT2D eigenvalue weighted by atomic mass is 9.94. The molecule has 0 bridgehead atoms. The zero-order chi connectivity index (χ0) is 15.2. The van der Waals surface area contributed by atoms with Gasteiger partial charge in [0, 0.05) is 12.6 Å². The first kappa shape index (κ1) is 16.7. The fraction of sp³-hybridized carbons (Fsp3) is 0.562. The lowest BCUT2D eigenvalue weighted by Crippen LogP contribution is -2.50. The van der Waals surface area contributed by atoms with Crippen LogP contribution < -0.4 is 5.73 Å². The quantitative estimate of drug-likeness (QED) is 0.773. The Labute approximate surface area is 121 Å². The molecule has 4 heteroatoms. The molecule has 0 aliphatic heterocycles. The van der Waals surface area contributed by atoms with E-state index in [0.717, 1.165) is 13.0 Å². The third kappa shape index (κ3) is 4.94. The SMILES string of the molecule is COC(=O)C(C)(N)CC(C)N(C)CCc1ccccc1. The topological polar surface area (TPSA) is 55.6 Å². The molecular formula is C16H26N2O2. The Morgan fingerprint density at radius 2 is 2.00 bits per heavy atom. The number of benzene rings is 1. The monoisotopic (exact) mass is 278 g/mol. The van der Waals surface area contributed by atoms with Crippen molar-refractivity contribution in [3.05, 3.63) is 35.9 Å². The Morgan fingerprint density at radius 3 is 2.55 bits per heavy atom. The number of nitrogens with two attached hydrogens (primary N) is 1. The van der Waals surface area contributed by atoms with Crippen LogP contribution >= 0.6 is 0 Å². The van der Waals surface area contributed by atoms with Crippen LogP contribution in [0.15, 0.2) is 30.3 Å². The molecule has 0 aromatic heterocycles. The average molecular weight is 278 g/mol. The largest absolute Gasteiger partial charge is 0.468 e. The van der Waals surface area contributed by atoms with E-state index in [9.17, 15) is 4.79 Å². The van der Waals surface area contributed by atoms with E-state index in [1.54, 1.807) is 6.92 Å². The summed E-state index contributed by atoms with van der Waals surface area (Å²) in [6.45, 7) is 4.74. The van der Waals surface area contributed by atoms with E-state index >= 15 is 0 Å². The van der Waals surface area contributed by atoms with E-state index in [1.807, 2.05) is 18.2 Å². The van der Waals surface area contributed by atoms with Crippen LogP contribution in [0.1, 0.15) is 25.8 Å². The zero-order valence-electron chi connectivity index (χ0n) is 12.9. The van der Waals surface area contributed by atoms with Gasteiger partial charge in [0.15, 0.2) is 0 Å². The van der Waals surface area contributed by atoms with Gasteiger partial charge in [-0.1, -0.05) is 30.3 Å². The Hall–Kier alpha value is -1.39. The van der Waals surface area contributed by atoms with Crippen LogP contribution in [-0.4, -0.2) is 43.2 Å². The van der Waals surface area contributed by atoms with Crippen molar-refractivity contribution in [2.75, 3.05) is 20.7 Å². The van der Waals surface area contributed by atoms with Crippen LogP contribution in [0.5, 0.6) is 0 Å². The molecule has 4 nitrogen and oxygen atoms in total. The molecule has 0 heterocycles. The highest BCUT2D eigenvalue weighted by Gasteiger charge is 2.32. The summed E-state index contributed by atoms with van der Waals surface area (Å²) >= 11 is 0. The van der Waals surface area contributed by atoms with Crippen molar-refractivity contribution in [2.24, 2.45) is 5.73 Å². The molecule has 2 unspecified atom stereocenters. The highest BCUT2D eigenvalue weighted by molar-refractivity contribution is 5.79. The average Bonchev–Trinajstić information content (AvgIpc) is 2.44. The van der Waals surface area contributed by atoms with Gasteiger partial charge in [-0.2, -0.15) is 0 Å². The van der Waals surface area contributed by atoms with Crippen molar-refractivity contribution < 1.29 is 9.53 Å². The first-order valence-electron chi connectivity index (χ1n) is 6.98. The Morgan fingerprint density at radius 1 is 1.40 bits per heavy atom. The molecular weight excluding hydrogens is 252 g/mol. The van der Waals surface area contributed by atoms with Crippen LogP contribution in [0.3, 0.4) is 0 Å². The molecule has 112 valence electrons. The predicted molar refractivity (Wildman–Crippen MR) is 81.5 cm³/mol. The fourth-order valence-electron chi connectivity index (χ4n) is 2.26. The predicted octanol–water partition coefficient (Wildman–Crippen LogP) is 1.83. The second kappa shape index (κ2) is 7.41. The molecule has 0 fully saturated rings. The van der Waals surface area contributed by atoms with Crippen molar-refractivity contribution in [1.29, 1.82) is 0 Å². The van der Waals surface area contributed by atoms with E-state index in [4.69, 9.17) is 10.5 Å². The number of hydrogen-bond donors (Lipinski definition) is 1. The van der Waals surface area contributed by atoms with Gasteiger partial charge in [0.25, 0.3) is 0 Å². The van der Waals surface area contributed by atoms with Gasteiger partial charge in [0.05, 0.1) is 7.11 Å². The van der Waals surface area contributed by atoms with Gasteiger partial charge >= 0.3 is 5.97 Å². The molecule has 2 N–H and O–H groups in total. The number of hydrogen-bond acceptors (Lipinski definition) is 4. The Balaban J connectivity index is 2.47. The minimum absolute atomic E-state index is 0.216. The van der Waals surface area contributed by atoms with E-state index < -0.39 is 5.54 Å². The summed E-state index contributed by atoms with van der Waals surface area (Å²) in [4.78, 5) is 13.8. The van der Waals surface area contributed by atoms with E-state index in [1.165, 1.54) is 12.7 Å². The number of rotatable bonds is 7. The van der Waals surface area contributed by atoms with E-state index in [-0.39, 0.29) is 12.0 Å². The second-order valence-corrected chi connectivity index (χ2v) is 5.68. The van der Waals surface area contributed by atoms with Crippen LogP contribution in [0, 0.1) is 0 Å². The maximum absolute atomic E-state index is 11.6. The normalized spacial score (nSPS) is 15.7. The second-order valence-electron chi connectivity index (χ2n) is 5.68.